The molecular weight excluding hydrogens is 244 g/mol. The number of likely N-dealkylation sites (tertiary alicyclic amines) is 1. The van der Waals surface area contributed by atoms with Crippen LogP contribution in [0.15, 0.2) is 0 Å². The van der Waals surface area contributed by atoms with Gasteiger partial charge in [0.2, 0.25) is 5.91 Å². The van der Waals surface area contributed by atoms with Gasteiger partial charge in [-0.2, -0.15) is 0 Å². The van der Waals surface area contributed by atoms with Gasteiger partial charge in [0.05, 0.1) is 6.42 Å². The highest BCUT2D eigenvalue weighted by Gasteiger charge is 2.29. The number of carbonyl (C=O) groups excluding carboxylic acids is 1. The maximum Gasteiger partial charge on any atom is 0.303 e. The van der Waals surface area contributed by atoms with Crippen molar-refractivity contribution in [3.05, 3.63) is 0 Å². The summed E-state index contributed by atoms with van der Waals surface area (Å²) < 4.78 is 0. The summed E-state index contributed by atoms with van der Waals surface area (Å²) in [6.45, 7) is 3.88. The number of hydrogen-bond acceptors (Lipinski definition) is 3. The summed E-state index contributed by atoms with van der Waals surface area (Å²) in [4.78, 5) is 24.2. The summed E-state index contributed by atoms with van der Waals surface area (Å²) in [5.74, 6) is 0.687. The molecule has 0 bridgehead atoms. The van der Waals surface area contributed by atoms with Crippen LogP contribution in [0.4, 0.5) is 0 Å². The van der Waals surface area contributed by atoms with E-state index in [2.05, 4.69) is 5.32 Å². The minimum Gasteiger partial charge on any atom is -0.481 e. The summed E-state index contributed by atoms with van der Waals surface area (Å²) >= 11 is 0. The van der Waals surface area contributed by atoms with Gasteiger partial charge < -0.3 is 15.3 Å². The molecule has 0 aromatic heterocycles. The van der Waals surface area contributed by atoms with Gasteiger partial charge in [0.1, 0.15) is 0 Å². The van der Waals surface area contributed by atoms with Crippen molar-refractivity contribution in [2.75, 3.05) is 26.2 Å². The SMILES string of the molecule is O=C(O)CCC(=O)N1CCC(C2CCNCC2)CC1. The van der Waals surface area contributed by atoms with Gasteiger partial charge in [0.15, 0.2) is 0 Å². The molecule has 2 aliphatic rings. The van der Waals surface area contributed by atoms with E-state index >= 15 is 0 Å². The number of amides is 1. The molecule has 2 heterocycles. The molecule has 2 N–H and O–H groups in total. The highest BCUT2D eigenvalue weighted by atomic mass is 16.4. The van der Waals surface area contributed by atoms with Gasteiger partial charge in [-0.05, 0) is 50.6 Å². The van der Waals surface area contributed by atoms with Crippen molar-refractivity contribution >= 4 is 11.9 Å². The zero-order valence-electron chi connectivity index (χ0n) is 11.4. The Morgan fingerprint density at radius 1 is 1.00 bits per heavy atom. The molecule has 5 heteroatoms. The Labute approximate surface area is 114 Å². The van der Waals surface area contributed by atoms with E-state index in [0.29, 0.717) is 0 Å². The van der Waals surface area contributed by atoms with Gasteiger partial charge in [-0.25, -0.2) is 0 Å². The van der Waals surface area contributed by atoms with Crippen LogP contribution in [0.5, 0.6) is 0 Å². The van der Waals surface area contributed by atoms with E-state index in [0.717, 1.165) is 50.9 Å². The minimum atomic E-state index is -0.891. The minimum absolute atomic E-state index is 0.00570. The van der Waals surface area contributed by atoms with E-state index in [9.17, 15) is 9.59 Å². The third-order valence-corrected chi connectivity index (χ3v) is 4.50. The van der Waals surface area contributed by atoms with Crippen LogP contribution in [0.1, 0.15) is 38.5 Å². The Morgan fingerprint density at radius 2 is 1.58 bits per heavy atom. The fraction of sp³-hybridized carbons (Fsp3) is 0.857. The topological polar surface area (TPSA) is 69.6 Å². The second-order valence-corrected chi connectivity index (χ2v) is 5.70. The highest BCUT2D eigenvalue weighted by molar-refractivity contribution is 5.80. The Hall–Kier alpha value is -1.10. The normalized spacial score (nSPS) is 22.4. The molecule has 0 saturated carbocycles. The molecule has 2 aliphatic heterocycles. The van der Waals surface area contributed by atoms with Gasteiger partial charge in [-0.15, -0.1) is 0 Å². The van der Waals surface area contributed by atoms with Gasteiger partial charge in [-0.3, -0.25) is 9.59 Å². The van der Waals surface area contributed by atoms with E-state index in [1.807, 2.05) is 4.90 Å². The summed E-state index contributed by atoms with van der Waals surface area (Å²) in [6, 6.07) is 0. The largest absolute Gasteiger partial charge is 0.481 e. The van der Waals surface area contributed by atoms with E-state index < -0.39 is 5.97 Å². The average molecular weight is 268 g/mol. The molecule has 2 rings (SSSR count). The molecule has 0 aromatic carbocycles. The standard InChI is InChI=1S/C14H24N2O3/c17-13(1-2-14(18)19)16-9-5-12(6-10-16)11-3-7-15-8-4-11/h11-12,15H,1-10H2,(H,18,19). The lowest BCUT2D eigenvalue weighted by Gasteiger charge is -2.37. The van der Waals surface area contributed by atoms with Crippen molar-refractivity contribution in [3.8, 4) is 0 Å². The maximum absolute atomic E-state index is 11.8. The number of nitrogens with one attached hydrogen (secondary N) is 1. The van der Waals surface area contributed by atoms with Gasteiger partial charge in [0.25, 0.3) is 0 Å². The predicted octanol–water partition coefficient (Wildman–Crippen LogP) is 1.09. The molecule has 0 spiro atoms. The first-order valence-electron chi connectivity index (χ1n) is 7.37. The first-order valence-corrected chi connectivity index (χ1v) is 7.37. The zero-order chi connectivity index (χ0) is 13.7. The predicted molar refractivity (Wildman–Crippen MR) is 71.8 cm³/mol. The molecule has 0 aromatic rings. The summed E-state index contributed by atoms with van der Waals surface area (Å²) in [7, 11) is 0. The van der Waals surface area contributed by atoms with E-state index in [-0.39, 0.29) is 18.7 Å². The van der Waals surface area contributed by atoms with Crippen LogP contribution in [0.2, 0.25) is 0 Å². The number of nitrogens with zero attached hydrogens (tertiary/aromatic N) is 1. The fourth-order valence-electron chi connectivity index (χ4n) is 3.31. The molecule has 1 amide bonds. The lowest BCUT2D eigenvalue weighted by Crippen LogP contribution is -2.42. The van der Waals surface area contributed by atoms with E-state index in [1.54, 1.807) is 0 Å². The Morgan fingerprint density at radius 3 is 2.16 bits per heavy atom. The van der Waals surface area contributed by atoms with Crippen molar-refractivity contribution < 1.29 is 14.7 Å². The van der Waals surface area contributed by atoms with Crippen molar-refractivity contribution in [2.24, 2.45) is 11.8 Å². The van der Waals surface area contributed by atoms with Gasteiger partial charge in [-0.1, -0.05) is 0 Å². The van der Waals surface area contributed by atoms with Gasteiger partial charge in [0, 0.05) is 19.5 Å². The molecular formula is C14H24N2O3. The third-order valence-electron chi connectivity index (χ3n) is 4.50. The Balaban J connectivity index is 1.72. The molecule has 108 valence electrons. The molecule has 0 aliphatic carbocycles. The Kier molecular flexibility index (Phi) is 5.19. The molecule has 19 heavy (non-hydrogen) atoms. The highest BCUT2D eigenvalue weighted by Crippen LogP contribution is 2.30. The number of piperidine rings is 2. The van der Waals surface area contributed by atoms with Crippen molar-refractivity contribution in [3.63, 3.8) is 0 Å². The number of hydrogen-bond donors (Lipinski definition) is 2. The quantitative estimate of drug-likeness (QED) is 0.801. The number of rotatable bonds is 4. The Bertz CT molecular complexity index is 319. The van der Waals surface area contributed by atoms with Crippen LogP contribution in [-0.4, -0.2) is 48.1 Å². The summed E-state index contributed by atoms with van der Waals surface area (Å²) in [5, 5.41) is 12.0. The number of carboxylic acid groups (broad SMARTS) is 1. The number of carboxylic acids is 1. The number of aliphatic carboxylic acids is 1. The van der Waals surface area contributed by atoms with Crippen molar-refractivity contribution in [1.29, 1.82) is 0 Å². The molecule has 0 atom stereocenters. The molecule has 0 unspecified atom stereocenters. The maximum atomic E-state index is 11.8. The molecule has 2 fully saturated rings. The average Bonchev–Trinajstić information content (AvgIpc) is 2.46. The van der Waals surface area contributed by atoms with Crippen LogP contribution in [0.25, 0.3) is 0 Å². The van der Waals surface area contributed by atoms with Crippen LogP contribution in [0.3, 0.4) is 0 Å². The summed E-state index contributed by atoms with van der Waals surface area (Å²) in [5.41, 5.74) is 0. The lowest BCUT2D eigenvalue weighted by atomic mass is 9.79. The third kappa shape index (κ3) is 4.20. The zero-order valence-corrected chi connectivity index (χ0v) is 11.4. The fourth-order valence-corrected chi connectivity index (χ4v) is 3.31. The second-order valence-electron chi connectivity index (χ2n) is 5.70. The molecule has 5 nitrogen and oxygen atoms in total. The second kappa shape index (κ2) is 6.89. The smallest absolute Gasteiger partial charge is 0.303 e. The van der Waals surface area contributed by atoms with Crippen LogP contribution in [0, 0.1) is 11.8 Å². The molecule has 0 radical (unpaired) electrons. The van der Waals surface area contributed by atoms with Crippen LogP contribution >= 0.6 is 0 Å². The summed E-state index contributed by atoms with van der Waals surface area (Å²) in [6.07, 6.45) is 4.79. The first kappa shape index (κ1) is 14.3. The van der Waals surface area contributed by atoms with Crippen LogP contribution < -0.4 is 5.32 Å². The van der Waals surface area contributed by atoms with Crippen LogP contribution in [-0.2, 0) is 9.59 Å². The van der Waals surface area contributed by atoms with Crippen molar-refractivity contribution in [2.45, 2.75) is 38.5 Å². The van der Waals surface area contributed by atoms with Gasteiger partial charge >= 0.3 is 5.97 Å². The molecule has 2 saturated heterocycles. The van der Waals surface area contributed by atoms with E-state index in [4.69, 9.17) is 5.11 Å². The van der Waals surface area contributed by atoms with E-state index in [1.165, 1.54) is 12.8 Å². The monoisotopic (exact) mass is 268 g/mol. The first-order chi connectivity index (χ1) is 9.16. The number of carbonyl (C=O) groups is 2. The lowest BCUT2D eigenvalue weighted by molar-refractivity contribution is -0.141. The van der Waals surface area contributed by atoms with Crippen molar-refractivity contribution in [1.82, 2.24) is 10.2 Å².